The molecule has 1 atom stereocenters. The fourth-order valence-corrected chi connectivity index (χ4v) is 4.30. The predicted octanol–water partition coefficient (Wildman–Crippen LogP) is 3.89. The van der Waals surface area contributed by atoms with Crippen LogP contribution in [0.3, 0.4) is 0 Å². The van der Waals surface area contributed by atoms with Crippen LogP contribution in [0.1, 0.15) is 55.0 Å². The minimum atomic E-state index is -0.0254. The molecule has 2 N–H and O–H groups in total. The van der Waals surface area contributed by atoms with Crippen LogP contribution in [0.25, 0.3) is 0 Å². The molecule has 142 valence electrons. The first kappa shape index (κ1) is 17.8. The number of nitrogens with one attached hydrogen (secondary N) is 2. The second-order valence-electron chi connectivity index (χ2n) is 7.62. The zero-order chi connectivity index (χ0) is 18.7. The Hall–Kier alpha value is -2.56. The van der Waals surface area contributed by atoms with E-state index in [0.717, 1.165) is 36.7 Å². The largest absolute Gasteiger partial charge is 0.487 e. The number of fused-ring (bicyclic) bond motifs is 1. The highest BCUT2D eigenvalue weighted by Crippen LogP contribution is 2.46. The second-order valence-corrected chi connectivity index (χ2v) is 7.62. The number of benzene rings is 1. The molecule has 2 aliphatic rings. The summed E-state index contributed by atoms with van der Waals surface area (Å²) >= 11 is 0. The van der Waals surface area contributed by atoms with E-state index in [-0.39, 0.29) is 11.6 Å². The molecule has 0 amide bonds. The van der Waals surface area contributed by atoms with Gasteiger partial charge in [0.05, 0.1) is 18.3 Å². The predicted molar refractivity (Wildman–Crippen MR) is 108 cm³/mol. The summed E-state index contributed by atoms with van der Waals surface area (Å²) in [5, 5.41) is 7.05. The normalized spacial score (nSPS) is 20.8. The van der Waals surface area contributed by atoms with Gasteiger partial charge in [-0.3, -0.25) is 9.98 Å². The van der Waals surface area contributed by atoms with Crippen molar-refractivity contribution in [1.82, 2.24) is 15.6 Å². The van der Waals surface area contributed by atoms with E-state index in [1.165, 1.54) is 24.0 Å². The Balaban J connectivity index is 1.50. The summed E-state index contributed by atoms with van der Waals surface area (Å²) < 4.78 is 6.46. The molecular weight excluding hydrogens is 336 g/mol. The highest BCUT2D eigenvalue weighted by atomic mass is 16.5. The Labute approximate surface area is 161 Å². The van der Waals surface area contributed by atoms with Crippen LogP contribution in [-0.2, 0) is 6.54 Å². The first-order valence-electron chi connectivity index (χ1n) is 9.85. The standard InChI is InChI=1S/C22H28N4O/c1-16-8-7-13-24-19(16)15-25-21(23-2)26-18-14-22(11-5-6-12-22)27-20-10-4-3-9-17(18)20/h3-4,7-10,13,18H,5-6,11-12,14-15H2,1-2H3,(H2,23,25,26). The lowest BCUT2D eigenvalue weighted by Crippen LogP contribution is -2.46. The molecule has 2 heterocycles. The molecule has 1 aliphatic heterocycles. The Morgan fingerprint density at radius 1 is 1.22 bits per heavy atom. The lowest BCUT2D eigenvalue weighted by molar-refractivity contribution is 0.0396. The van der Waals surface area contributed by atoms with Crippen LogP contribution >= 0.6 is 0 Å². The van der Waals surface area contributed by atoms with Gasteiger partial charge in [0.1, 0.15) is 11.4 Å². The molecule has 4 rings (SSSR count). The molecule has 1 aromatic carbocycles. The number of hydrogen-bond donors (Lipinski definition) is 2. The van der Waals surface area contributed by atoms with Crippen LogP contribution in [0.4, 0.5) is 0 Å². The molecular formula is C22H28N4O. The van der Waals surface area contributed by atoms with Crippen molar-refractivity contribution in [1.29, 1.82) is 0 Å². The van der Waals surface area contributed by atoms with Crippen LogP contribution in [0.5, 0.6) is 5.75 Å². The highest BCUT2D eigenvalue weighted by molar-refractivity contribution is 5.80. The van der Waals surface area contributed by atoms with E-state index in [1.54, 1.807) is 0 Å². The monoisotopic (exact) mass is 364 g/mol. The molecule has 27 heavy (non-hydrogen) atoms. The Kier molecular flexibility index (Phi) is 5.01. The summed E-state index contributed by atoms with van der Waals surface area (Å²) in [6, 6.07) is 12.6. The van der Waals surface area contributed by atoms with Crippen molar-refractivity contribution in [3.8, 4) is 5.75 Å². The number of rotatable bonds is 3. The van der Waals surface area contributed by atoms with E-state index in [0.29, 0.717) is 6.54 Å². The number of hydrogen-bond acceptors (Lipinski definition) is 3. The van der Waals surface area contributed by atoms with Crippen molar-refractivity contribution in [3.05, 3.63) is 59.4 Å². The molecule has 0 saturated heterocycles. The molecule has 5 nitrogen and oxygen atoms in total. The van der Waals surface area contributed by atoms with Crippen LogP contribution in [0, 0.1) is 6.92 Å². The summed E-state index contributed by atoms with van der Waals surface area (Å²) in [4.78, 5) is 8.90. The van der Waals surface area contributed by atoms with Crippen molar-refractivity contribution in [3.63, 3.8) is 0 Å². The minimum absolute atomic E-state index is 0.0254. The number of aryl methyl sites for hydroxylation is 1. The molecule has 0 bridgehead atoms. The molecule has 1 unspecified atom stereocenters. The van der Waals surface area contributed by atoms with Crippen molar-refractivity contribution in [2.24, 2.45) is 4.99 Å². The number of ether oxygens (including phenoxy) is 1. The highest BCUT2D eigenvalue weighted by Gasteiger charge is 2.43. The number of pyridine rings is 1. The Bertz CT molecular complexity index is 827. The number of guanidine groups is 1. The third-order valence-corrected chi connectivity index (χ3v) is 5.79. The summed E-state index contributed by atoms with van der Waals surface area (Å²) in [7, 11) is 1.82. The first-order chi connectivity index (χ1) is 13.2. The summed E-state index contributed by atoms with van der Waals surface area (Å²) in [6.07, 6.45) is 7.59. The molecule has 1 spiro atoms. The number of aromatic nitrogens is 1. The lowest BCUT2D eigenvalue weighted by Gasteiger charge is -2.40. The Morgan fingerprint density at radius 2 is 2.04 bits per heavy atom. The molecule has 0 radical (unpaired) electrons. The van der Waals surface area contributed by atoms with Crippen LogP contribution < -0.4 is 15.4 Å². The van der Waals surface area contributed by atoms with Gasteiger partial charge in [0, 0.05) is 25.2 Å². The van der Waals surface area contributed by atoms with E-state index in [4.69, 9.17) is 4.74 Å². The van der Waals surface area contributed by atoms with E-state index in [1.807, 2.05) is 19.3 Å². The zero-order valence-electron chi connectivity index (χ0n) is 16.2. The van der Waals surface area contributed by atoms with Crippen LogP contribution in [-0.4, -0.2) is 23.6 Å². The summed E-state index contributed by atoms with van der Waals surface area (Å²) in [5.74, 6) is 1.81. The molecule has 1 aromatic heterocycles. The maximum absolute atomic E-state index is 6.46. The van der Waals surface area contributed by atoms with Gasteiger partial charge in [0.2, 0.25) is 0 Å². The van der Waals surface area contributed by atoms with Gasteiger partial charge in [0.15, 0.2) is 5.96 Å². The second kappa shape index (κ2) is 7.59. The average Bonchev–Trinajstić information content (AvgIpc) is 3.13. The van der Waals surface area contributed by atoms with Crippen molar-refractivity contribution >= 4 is 5.96 Å². The number of nitrogens with zero attached hydrogens (tertiary/aromatic N) is 2. The molecule has 2 aromatic rings. The molecule has 5 heteroatoms. The smallest absolute Gasteiger partial charge is 0.191 e. The third-order valence-electron chi connectivity index (χ3n) is 5.79. The lowest BCUT2D eigenvalue weighted by atomic mass is 9.86. The Morgan fingerprint density at radius 3 is 2.81 bits per heavy atom. The van der Waals surface area contributed by atoms with Crippen molar-refractivity contribution in [2.75, 3.05) is 7.05 Å². The maximum atomic E-state index is 6.46. The van der Waals surface area contributed by atoms with E-state index in [2.05, 4.69) is 57.9 Å². The van der Waals surface area contributed by atoms with E-state index in [9.17, 15) is 0 Å². The van der Waals surface area contributed by atoms with Gasteiger partial charge in [-0.15, -0.1) is 0 Å². The van der Waals surface area contributed by atoms with Gasteiger partial charge in [0.25, 0.3) is 0 Å². The van der Waals surface area contributed by atoms with Crippen LogP contribution in [0.2, 0.25) is 0 Å². The molecule has 1 saturated carbocycles. The zero-order valence-corrected chi connectivity index (χ0v) is 16.2. The first-order valence-corrected chi connectivity index (χ1v) is 9.85. The van der Waals surface area contributed by atoms with Gasteiger partial charge in [-0.1, -0.05) is 24.3 Å². The maximum Gasteiger partial charge on any atom is 0.191 e. The van der Waals surface area contributed by atoms with E-state index < -0.39 is 0 Å². The quantitative estimate of drug-likeness (QED) is 0.641. The van der Waals surface area contributed by atoms with Gasteiger partial charge < -0.3 is 15.4 Å². The van der Waals surface area contributed by atoms with Gasteiger partial charge >= 0.3 is 0 Å². The SMILES string of the molecule is CN=C(NCc1ncccc1C)NC1CC2(CCCC2)Oc2ccccc21. The fraction of sp³-hybridized carbons (Fsp3) is 0.455. The topological polar surface area (TPSA) is 58.5 Å². The molecule has 1 fully saturated rings. The minimum Gasteiger partial charge on any atom is -0.487 e. The van der Waals surface area contributed by atoms with Crippen molar-refractivity contribution < 1.29 is 4.74 Å². The van der Waals surface area contributed by atoms with Gasteiger partial charge in [-0.05, 0) is 50.3 Å². The van der Waals surface area contributed by atoms with Gasteiger partial charge in [-0.25, -0.2) is 0 Å². The summed E-state index contributed by atoms with van der Waals surface area (Å²) in [5.41, 5.74) is 3.41. The van der Waals surface area contributed by atoms with E-state index >= 15 is 0 Å². The third kappa shape index (κ3) is 3.77. The van der Waals surface area contributed by atoms with Crippen molar-refractivity contribution in [2.45, 2.75) is 57.2 Å². The average molecular weight is 364 g/mol. The fourth-order valence-electron chi connectivity index (χ4n) is 4.30. The number of aliphatic imine (C=N–C) groups is 1. The van der Waals surface area contributed by atoms with Gasteiger partial charge in [-0.2, -0.15) is 0 Å². The molecule has 1 aliphatic carbocycles. The summed E-state index contributed by atoms with van der Waals surface area (Å²) in [6.45, 7) is 2.74. The number of para-hydroxylation sites is 1. The van der Waals surface area contributed by atoms with Crippen LogP contribution in [0.15, 0.2) is 47.6 Å².